The number of halogens is 2. The van der Waals surface area contributed by atoms with Crippen LogP contribution >= 0.6 is 0 Å². The predicted octanol–water partition coefficient (Wildman–Crippen LogP) is 0.656. The van der Waals surface area contributed by atoms with Gasteiger partial charge in [-0.2, -0.15) is 8.78 Å². The average molecular weight is 220 g/mol. The first-order valence-corrected chi connectivity index (χ1v) is 4.20. The lowest BCUT2D eigenvalue weighted by Gasteiger charge is -2.19. The molecular weight excluding hydrogens is 210 g/mol. The molecule has 1 rings (SSSR count). The largest absolute Gasteiger partial charge is 0.477 e. The molecule has 0 spiro atoms. The predicted molar refractivity (Wildman–Crippen MR) is 45.4 cm³/mol. The number of carboxylic acids is 1. The maximum absolute atomic E-state index is 12.9. The van der Waals surface area contributed by atoms with Gasteiger partial charge in [-0.1, -0.05) is 0 Å². The molecule has 0 radical (unpaired) electrons. The van der Waals surface area contributed by atoms with Crippen molar-refractivity contribution in [1.29, 1.82) is 0 Å². The van der Waals surface area contributed by atoms with Crippen LogP contribution in [0.2, 0.25) is 0 Å². The molecule has 7 heteroatoms. The minimum atomic E-state index is -4.22. The van der Waals surface area contributed by atoms with Crippen molar-refractivity contribution >= 4 is 5.97 Å². The zero-order valence-electron chi connectivity index (χ0n) is 7.89. The molecule has 1 unspecified atom stereocenters. The first kappa shape index (κ1) is 11.6. The number of alkyl halides is 2. The van der Waals surface area contributed by atoms with E-state index in [0.29, 0.717) is 6.54 Å². The molecule has 1 aromatic heterocycles. The highest BCUT2D eigenvalue weighted by Gasteiger charge is 2.48. The van der Waals surface area contributed by atoms with Gasteiger partial charge in [0.15, 0.2) is 6.10 Å². The molecule has 5 nitrogen and oxygen atoms in total. The molecule has 1 heterocycles. The number of aliphatic carboxylic acids is 1. The molecule has 0 aliphatic rings. The third kappa shape index (κ3) is 1.96. The van der Waals surface area contributed by atoms with Crippen molar-refractivity contribution in [3.8, 4) is 0 Å². The Hall–Kier alpha value is -1.50. The fraction of sp³-hybridized carbons (Fsp3) is 0.500. The molecule has 0 fully saturated rings. The van der Waals surface area contributed by atoms with Gasteiger partial charge in [0.25, 0.3) is 0 Å². The van der Waals surface area contributed by atoms with Crippen LogP contribution in [0.4, 0.5) is 8.78 Å². The highest BCUT2D eigenvalue weighted by Crippen LogP contribution is 2.31. The van der Waals surface area contributed by atoms with E-state index in [0.717, 1.165) is 6.20 Å². The van der Waals surface area contributed by atoms with Gasteiger partial charge in [-0.3, -0.25) is 0 Å². The van der Waals surface area contributed by atoms with Crippen LogP contribution in [0.15, 0.2) is 12.5 Å². The van der Waals surface area contributed by atoms with Crippen molar-refractivity contribution in [3.63, 3.8) is 0 Å². The van der Waals surface area contributed by atoms with Crippen LogP contribution in [0.3, 0.4) is 0 Å². The molecule has 0 aliphatic heterocycles. The van der Waals surface area contributed by atoms with E-state index in [1.807, 2.05) is 0 Å². The molecular formula is C8H10F2N2O3. The fourth-order valence-corrected chi connectivity index (χ4v) is 1.13. The van der Waals surface area contributed by atoms with Crippen LogP contribution in [-0.4, -0.2) is 31.7 Å². The molecule has 1 aromatic rings. The number of aliphatic hydroxyl groups is 1. The third-order valence-corrected chi connectivity index (χ3v) is 1.99. The summed E-state index contributed by atoms with van der Waals surface area (Å²) in [6.07, 6.45) is -0.126. The summed E-state index contributed by atoms with van der Waals surface area (Å²) in [5.41, 5.74) is -0.218. The monoisotopic (exact) mass is 220 g/mol. The number of aryl methyl sites for hydroxylation is 1. The minimum Gasteiger partial charge on any atom is -0.477 e. The minimum absolute atomic E-state index is 0.218. The van der Waals surface area contributed by atoms with Gasteiger partial charge in [0.2, 0.25) is 0 Å². The smallest absolute Gasteiger partial charge is 0.377 e. The summed E-state index contributed by atoms with van der Waals surface area (Å²) < 4.78 is 27.1. The Morgan fingerprint density at radius 1 is 1.73 bits per heavy atom. The van der Waals surface area contributed by atoms with E-state index in [-0.39, 0.29) is 5.69 Å². The summed E-state index contributed by atoms with van der Waals surface area (Å²) >= 11 is 0. The SMILES string of the molecule is CCn1cncc1C(O)C(F)(F)C(=O)O. The lowest BCUT2D eigenvalue weighted by Crippen LogP contribution is -2.36. The maximum atomic E-state index is 12.9. The fourth-order valence-electron chi connectivity index (χ4n) is 1.13. The van der Waals surface area contributed by atoms with Crippen molar-refractivity contribution in [2.75, 3.05) is 0 Å². The summed E-state index contributed by atoms with van der Waals surface area (Å²) in [6, 6.07) is 0. The van der Waals surface area contributed by atoms with E-state index >= 15 is 0 Å². The van der Waals surface area contributed by atoms with Crippen LogP contribution < -0.4 is 0 Å². The second-order valence-corrected chi connectivity index (χ2v) is 2.94. The van der Waals surface area contributed by atoms with Gasteiger partial charge < -0.3 is 14.8 Å². The number of nitrogens with zero attached hydrogens (tertiary/aromatic N) is 2. The molecule has 84 valence electrons. The summed E-state index contributed by atoms with van der Waals surface area (Å²) in [7, 11) is 0. The highest BCUT2D eigenvalue weighted by molar-refractivity contribution is 5.76. The Kier molecular flexibility index (Phi) is 3.04. The van der Waals surface area contributed by atoms with Crippen molar-refractivity contribution in [1.82, 2.24) is 9.55 Å². The zero-order valence-corrected chi connectivity index (χ0v) is 7.89. The molecule has 1 atom stereocenters. The van der Waals surface area contributed by atoms with E-state index in [2.05, 4.69) is 4.98 Å². The topological polar surface area (TPSA) is 75.3 Å². The van der Waals surface area contributed by atoms with Gasteiger partial charge in [0.05, 0.1) is 18.2 Å². The Morgan fingerprint density at radius 3 is 2.80 bits per heavy atom. The molecule has 0 saturated carbocycles. The Labute approximate surface area is 84.0 Å². The van der Waals surface area contributed by atoms with Gasteiger partial charge in [0, 0.05) is 6.54 Å². The Bertz CT molecular complexity index is 365. The molecule has 0 amide bonds. The van der Waals surface area contributed by atoms with Gasteiger partial charge in [-0.15, -0.1) is 0 Å². The summed E-state index contributed by atoms with van der Waals surface area (Å²) in [5.74, 6) is -6.58. The molecule has 0 aromatic carbocycles. The summed E-state index contributed by atoms with van der Waals surface area (Å²) in [5, 5.41) is 17.5. The van der Waals surface area contributed by atoms with Crippen molar-refractivity contribution in [3.05, 3.63) is 18.2 Å². The third-order valence-electron chi connectivity index (χ3n) is 1.99. The van der Waals surface area contributed by atoms with E-state index in [1.165, 1.54) is 10.9 Å². The summed E-state index contributed by atoms with van der Waals surface area (Å²) in [4.78, 5) is 13.8. The highest BCUT2D eigenvalue weighted by atomic mass is 19.3. The number of carboxylic acid groups (broad SMARTS) is 1. The second kappa shape index (κ2) is 3.93. The van der Waals surface area contributed by atoms with E-state index in [4.69, 9.17) is 5.11 Å². The first-order valence-electron chi connectivity index (χ1n) is 4.20. The van der Waals surface area contributed by atoms with Crippen molar-refractivity contribution in [2.24, 2.45) is 0 Å². The lowest BCUT2D eigenvalue weighted by atomic mass is 10.1. The van der Waals surface area contributed by atoms with E-state index < -0.39 is 18.0 Å². The summed E-state index contributed by atoms with van der Waals surface area (Å²) in [6.45, 7) is 1.99. The van der Waals surface area contributed by atoms with E-state index in [9.17, 15) is 18.7 Å². The van der Waals surface area contributed by atoms with Crippen LogP contribution in [0.25, 0.3) is 0 Å². The molecule has 0 bridgehead atoms. The normalized spacial score (nSPS) is 13.9. The van der Waals surface area contributed by atoms with Gasteiger partial charge in [-0.05, 0) is 6.92 Å². The zero-order chi connectivity index (χ0) is 11.6. The number of imidazole rings is 1. The van der Waals surface area contributed by atoms with E-state index in [1.54, 1.807) is 6.92 Å². The number of aromatic nitrogens is 2. The maximum Gasteiger partial charge on any atom is 0.377 e. The van der Waals surface area contributed by atoms with Crippen molar-refractivity contribution < 1.29 is 23.8 Å². The molecule has 0 aliphatic carbocycles. The first-order chi connectivity index (χ1) is 6.91. The standard InChI is InChI=1S/C8H10F2N2O3/c1-2-12-4-11-3-5(12)6(13)8(9,10)7(14)15/h3-4,6,13H,2H2,1H3,(H,14,15). The molecule has 2 N–H and O–H groups in total. The molecule has 0 saturated heterocycles. The van der Waals surface area contributed by atoms with Crippen LogP contribution in [-0.2, 0) is 11.3 Å². The van der Waals surface area contributed by atoms with Gasteiger partial charge in [0.1, 0.15) is 0 Å². The average Bonchev–Trinajstić information content (AvgIpc) is 2.63. The Balaban J connectivity index is 3.03. The van der Waals surface area contributed by atoms with Crippen LogP contribution in [0.5, 0.6) is 0 Å². The number of hydrogen-bond donors (Lipinski definition) is 2. The number of carbonyl (C=O) groups is 1. The Morgan fingerprint density at radius 2 is 2.33 bits per heavy atom. The number of hydrogen-bond acceptors (Lipinski definition) is 3. The number of rotatable bonds is 4. The molecule has 15 heavy (non-hydrogen) atoms. The number of aliphatic hydroxyl groups excluding tert-OH is 1. The van der Waals surface area contributed by atoms with Crippen LogP contribution in [0, 0.1) is 0 Å². The van der Waals surface area contributed by atoms with Crippen molar-refractivity contribution in [2.45, 2.75) is 25.5 Å². The quantitative estimate of drug-likeness (QED) is 0.781. The van der Waals surface area contributed by atoms with Gasteiger partial charge in [-0.25, -0.2) is 9.78 Å². The van der Waals surface area contributed by atoms with Crippen LogP contribution in [0.1, 0.15) is 18.7 Å². The lowest BCUT2D eigenvalue weighted by molar-refractivity contribution is -0.183. The second-order valence-electron chi connectivity index (χ2n) is 2.94. The van der Waals surface area contributed by atoms with Gasteiger partial charge >= 0.3 is 11.9 Å².